The number of nitrogens with one attached hydrogen (secondary N) is 1. The van der Waals surface area contributed by atoms with E-state index in [0.717, 1.165) is 12.1 Å². The Morgan fingerprint density at radius 3 is 2.50 bits per heavy atom. The van der Waals surface area contributed by atoms with E-state index in [2.05, 4.69) is 21.2 Å². The van der Waals surface area contributed by atoms with Crippen molar-refractivity contribution in [3.05, 3.63) is 28.2 Å². The summed E-state index contributed by atoms with van der Waals surface area (Å²) in [6.07, 6.45) is -4.45. The molecule has 0 aliphatic heterocycles. The summed E-state index contributed by atoms with van der Waals surface area (Å²) < 4.78 is 37.5. The lowest BCUT2D eigenvalue weighted by atomic mass is 10.2. The molecule has 16 heavy (non-hydrogen) atoms. The minimum absolute atomic E-state index is 0.0529. The number of anilines is 1. The number of halogens is 4. The molecule has 0 fully saturated rings. The van der Waals surface area contributed by atoms with Gasteiger partial charge in [0.05, 0.1) is 12.1 Å². The van der Waals surface area contributed by atoms with Crippen LogP contribution in [0.25, 0.3) is 0 Å². The van der Waals surface area contributed by atoms with Gasteiger partial charge >= 0.3 is 6.18 Å². The van der Waals surface area contributed by atoms with Crippen LogP contribution in [0.4, 0.5) is 18.9 Å². The van der Waals surface area contributed by atoms with Crippen LogP contribution in [0.1, 0.15) is 5.56 Å². The molecule has 7 heteroatoms. The number of carbonyl (C=O) groups excluding carboxylic acids is 1. The molecule has 1 aromatic rings. The van der Waals surface area contributed by atoms with Crippen molar-refractivity contribution in [2.24, 2.45) is 5.73 Å². The van der Waals surface area contributed by atoms with Crippen LogP contribution < -0.4 is 11.1 Å². The van der Waals surface area contributed by atoms with Crippen molar-refractivity contribution in [2.45, 2.75) is 6.18 Å². The Balaban J connectivity index is 3.04. The Hall–Kier alpha value is -1.08. The highest BCUT2D eigenvalue weighted by Crippen LogP contribution is 2.33. The molecule has 3 N–H and O–H groups in total. The largest absolute Gasteiger partial charge is 0.416 e. The van der Waals surface area contributed by atoms with E-state index in [-0.39, 0.29) is 16.7 Å². The number of nitrogens with two attached hydrogens (primary N) is 1. The minimum atomic E-state index is -4.45. The van der Waals surface area contributed by atoms with Gasteiger partial charge in [-0.05, 0) is 18.2 Å². The van der Waals surface area contributed by atoms with Crippen molar-refractivity contribution < 1.29 is 18.0 Å². The highest BCUT2D eigenvalue weighted by atomic mass is 79.9. The standard InChI is InChI=1S/C9H8BrF3N2O/c10-6-1-5(9(11,12)13)2-7(3-6)15-8(16)4-14/h1-3H,4,14H2,(H,15,16). The van der Waals surface area contributed by atoms with E-state index in [9.17, 15) is 18.0 Å². The Morgan fingerprint density at radius 2 is 2.00 bits per heavy atom. The number of benzene rings is 1. The predicted molar refractivity (Wildman–Crippen MR) is 56.8 cm³/mol. The van der Waals surface area contributed by atoms with Crippen LogP contribution in [-0.2, 0) is 11.0 Å². The molecular formula is C9H8BrF3N2O. The molecule has 1 rings (SSSR count). The second-order valence-corrected chi connectivity index (χ2v) is 3.89. The first-order valence-corrected chi connectivity index (χ1v) is 5.00. The second kappa shape index (κ2) is 4.84. The summed E-state index contributed by atoms with van der Waals surface area (Å²) in [6, 6.07) is 3.14. The van der Waals surface area contributed by atoms with Gasteiger partial charge < -0.3 is 11.1 Å². The molecule has 0 atom stereocenters. The number of hydrogen-bond donors (Lipinski definition) is 2. The van der Waals surface area contributed by atoms with Crippen LogP contribution in [0.15, 0.2) is 22.7 Å². The number of hydrogen-bond acceptors (Lipinski definition) is 2. The molecular weight excluding hydrogens is 289 g/mol. The number of alkyl halides is 3. The van der Waals surface area contributed by atoms with E-state index in [0.29, 0.717) is 0 Å². The lowest BCUT2D eigenvalue weighted by Gasteiger charge is -2.10. The van der Waals surface area contributed by atoms with Gasteiger partial charge in [0.15, 0.2) is 0 Å². The van der Waals surface area contributed by atoms with Crippen LogP contribution in [0.3, 0.4) is 0 Å². The molecule has 0 heterocycles. The summed E-state index contributed by atoms with van der Waals surface area (Å²) in [4.78, 5) is 10.9. The van der Waals surface area contributed by atoms with Gasteiger partial charge in [0.2, 0.25) is 5.91 Å². The zero-order chi connectivity index (χ0) is 12.3. The quantitative estimate of drug-likeness (QED) is 0.880. The number of carbonyl (C=O) groups is 1. The molecule has 0 bridgehead atoms. The van der Waals surface area contributed by atoms with Crippen molar-refractivity contribution in [2.75, 3.05) is 11.9 Å². The molecule has 0 aliphatic rings. The monoisotopic (exact) mass is 296 g/mol. The highest BCUT2D eigenvalue weighted by Gasteiger charge is 2.31. The van der Waals surface area contributed by atoms with Gasteiger partial charge in [-0.15, -0.1) is 0 Å². The molecule has 88 valence electrons. The molecule has 0 unspecified atom stereocenters. The summed E-state index contributed by atoms with van der Waals surface area (Å²) in [5.41, 5.74) is 4.25. The zero-order valence-corrected chi connectivity index (χ0v) is 9.52. The van der Waals surface area contributed by atoms with E-state index in [1.54, 1.807) is 0 Å². The number of rotatable bonds is 2. The topological polar surface area (TPSA) is 55.1 Å². The maximum absolute atomic E-state index is 12.4. The minimum Gasteiger partial charge on any atom is -0.325 e. The smallest absolute Gasteiger partial charge is 0.325 e. The third kappa shape index (κ3) is 3.49. The van der Waals surface area contributed by atoms with Gasteiger partial charge in [-0.1, -0.05) is 15.9 Å². The summed E-state index contributed by atoms with van der Waals surface area (Å²) >= 11 is 2.93. The van der Waals surface area contributed by atoms with Gasteiger partial charge in [-0.2, -0.15) is 13.2 Å². The van der Waals surface area contributed by atoms with Gasteiger partial charge in [0.25, 0.3) is 0 Å². The fourth-order valence-corrected chi connectivity index (χ4v) is 1.53. The first-order chi connectivity index (χ1) is 7.32. The summed E-state index contributed by atoms with van der Waals surface area (Å²) in [5.74, 6) is -0.550. The predicted octanol–water partition coefficient (Wildman–Crippen LogP) is 2.37. The number of amides is 1. The lowest BCUT2D eigenvalue weighted by molar-refractivity contribution is -0.137. The Kier molecular flexibility index (Phi) is 3.93. The maximum atomic E-state index is 12.4. The normalized spacial score (nSPS) is 11.3. The first kappa shape index (κ1) is 13.0. The van der Waals surface area contributed by atoms with Crippen LogP contribution in [0, 0.1) is 0 Å². The van der Waals surface area contributed by atoms with Crippen LogP contribution in [0.5, 0.6) is 0 Å². The van der Waals surface area contributed by atoms with E-state index in [4.69, 9.17) is 5.73 Å². The van der Waals surface area contributed by atoms with E-state index in [1.807, 2.05) is 0 Å². The van der Waals surface area contributed by atoms with Gasteiger partial charge in [0.1, 0.15) is 0 Å². The van der Waals surface area contributed by atoms with Crippen molar-refractivity contribution >= 4 is 27.5 Å². The third-order valence-electron chi connectivity index (χ3n) is 1.69. The Labute approximate surface area is 97.9 Å². The molecule has 0 aromatic heterocycles. The van der Waals surface area contributed by atoms with Crippen molar-refractivity contribution in [1.29, 1.82) is 0 Å². The Morgan fingerprint density at radius 1 is 1.38 bits per heavy atom. The van der Waals surface area contributed by atoms with Crippen LogP contribution >= 0.6 is 15.9 Å². The van der Waals surface area contributed by atoms with Crippen LogP contribution in [0.2, 0.25) is 0 Å². The first-order valence-electron chi connectivity index (χ1n) is 4.20. The van der Waals surface area contributed by atoms with E-state index >= 15 is 0 Å². The fraction of sp³-hybridized carbons (Fsp3) is 0.222. The van der Waals surface area contributed by atoms with Gasteiger partial charge in [-0.25, -0.2) is 0 Å². The highest BCUT2D eigenvalue weighted by molar-refractivity contribution is 9.10. The van der Waals surface area contributed by atoms with E-state index < -0.39 is 17.6 Å². The molecule has 0 saturated carbocycles. The average Bonchev–Trinajstić information content (AvgIpc) is 2.15. The van der Waals surface area contributed by atoms with E-state index in [1.165, 1.54) is 6.07 Å². The maximum Gasteiger partial charge on any atom is 0.416 e. The molecule has 0 radical (unpaired) electrons. The summed E-state index contributed by atoms with van der Waals surface area (Å²) in [5, 5.41) is 2.25. The fourth-order valence-electron chi connectivity index (χ4n) is 1.04. The molecule has 3 nitrogen and oxygen atoms in total. The third-order valence-corrected chi connectivity index (χ3v) is 2.15. The molecule has 0 aliphatic carbocycles. The molecule has 1 amide bonds. The van der Waals surface area contributed by atoms with Gasteiger partial charge in [-0.3, -0.25) is 4.79 Å². The van der Waals surface area contributed by atoms with Crippen LogP contribution in [-0.4, -0.2) is 12.5 Å². The zero-order valence-electron chi connectivity index (χ0n) is 7.94. The summed E-state index contributed by atoms with van der Waals surface area (Å²) in [7, 11) is 0. The van der Waals surface area contributed by atoms with Gasteiger partial charge in [0, 0.05) is 10.2 Å². The molecule has 1 aromatic carbocycles. The molecule has 0 spiro atoms. The summed E-state index contributed by atoms with van der Waals surface area (Å²) in [6.45, 7) is -0.284. The lowest BCUT2D eigenvalue weighted by Crippen LogP contribution is -2.22. The Bertz CT molecular complexity index is 406. The SMILES string of the molecule is NCC(=O)Nc1cc(Br)cc(C(F)(F)F)c1. The molecule has 0 saturated heterocycles. The van der Waals surface area contributed by atoms with Crippen molar-refractivity contribution in [1.82, 2.24) is 0 Å². The van der Waals surface area contributed by atoms with Crippen molar-refractivity contribution in [3.8, 4) is 0 Å². The second-order valence-electron chi connectivity index (χ2n) is 2.98. The average molecular weight is 297 g/mol. The van der Waals surface area contributed by atoms with Crippen molar-refractivity contribution in [3.63, 3.8) is 0 Å².